The molecule has 4 nitrogen and oxygen atoms in total. The lowest BCUT2D eigenvalue weighted by Gasteiger charge is -2.25. The van der Waals surface area contributed by atoms with Crippen molar-refractivity contribution in [3.8, 4) is 0 Å². The highest BCUT2D eigenvalue weighted by molar-refractivity contribution is 7.99. The highest BCUT2D eigenvalue weighted by atomic mass is 32.2. The second-order valence-electron chi connectivity index (χ2n) is 5.04. The fourth-order valence-electron chi connectivity index (χ4n) is 2.52. The maximum absolute atomic E-state index is 11.8. The van der Waals surface area contributed by atoms with Crippen LogP contribution in [-0.2, 0) is 6.42 Å². The van der Waals surface area contributed by atoms with Crippen LogP contribution in [0, 0.1) is 6.92 Å². The maximum atomic E-state index is 11.8. The molecule has 1 aliphatic rings. The minimum atomic E-state index is 0.0236. The van der Waals surface area contributed by atoms with Gasteiger partial charge in [0.2, 0.25) is 0 Å². The number of H-pyrrole nitrogens is 1. The summed E-state index contributed by atoms with van der Waals surface area (Å²) in [6.07, 6.45) is 4.76. The first-order valence-electron chi connectivity index (χ1n) is 7.15. The third-order valence-corrected chi connectivity index (χ3v) is 4.50. The van der Waals surface area contributed by atoms with E-state index in [0.717, 1.165) is 35.1 Å². The lowest BCUT2D eigenvalue weighted by molar-refractivity contribution is 0.242. The van der Waals surface area contributed by atoms with E-state index < -0.39 is 0 Å². The number of aryl methyl sites for hydroxylation is 1. The largest absolute Gasteiger partial charge is 0.303 e. The van der Waals surface area contributed by atoms with E-state index in [1.807, 2.05) is 13.8 Å². The smallest absolute Gasteiger partial charge is 0.254 e. The number of piperidine rings is 1. The molecule has 19 heavy (non-hydrogen) atoms. The Morgan fingerprint density at radius 1 is 1.32 bits per heavy atom. The van der Waals surface area contributed by atoms with Crippen molar-refractivity contribution in [3.63, 3.8) is 0 Å². The summed E-state index contributed by atoms with van der Waals surface area (Å²) in [5, 5.41) is 0.761. The van der Waals surface area contributed by atoms with Crippen LogP contribution in [0.3, 0.4) is 0 Å². The van der Waals surface area contributed by atoms with Gasteiger partial charge in [0.25, 0.3) is 5.56 Å². The standard InChI is InChI=1S/C14H23N3OS/c1-3-12-11(2)15-14(16-13(12)18)19-10-9-17-7-5-4-6-8-17/h3-10H2,1-2H3,(H,15,16,18). The highest BCUT2D eigenvalue weighted by Gasteiger charge is 2.10. The van der Waals surface area contributed by atoms with Crippen LogP contribution >= 0.6 is 11.8 Å². The van der Waals surface area contributed by atoms with E-state index in [2.05, 4.69) is 14.9 Å². The summed E-state index contributed by atoms with van der Waals surface area (Å²) in [7, 11) is 0. The summed E-state index contributed by atoms with van der Waals surface area (Å²) in [6, 6.07) is 0. The third-order valence-electron chi connectivity index (χ3n) is 3.65. The Hall–Kier alpha value is -0.810. The van der Waals surface area contributed by atoms with Crippen LogP contribution in [0.25, 0.3) is 0 Å². The van der Waals surface area contributed by atoms with Gasteiger partial charge in [-0.25, -0.2) is 4.98 Å². The summed E-state index contributed by atoms with van der Waals surface area (Å²) in [5.74, 6) is 0.994. The molecule has 0 saturated carbocycles. The fraction of sp³-hybridized carbons (Fsp3) is 0.714. The molecular weight excluding hydrogens is 258 g/mol. The van der Waals surface area contributed by atoms with Crippen LogP contribution in [0.15, 0.2) is 9.95 Å². The van der Waals surface area contributed by atoms with Gasteiger partial charge < -0.3 is 9.88 Å². The van der Waals surface area contributed by atoms with E-state index in [9.17, 15) is 4.79 Å². The van der Waals surface area contributed by atoms with Gasteiger partial charge in [0.1, 0.15) is 0 Å². The summed E-state index contributed by atoms with van der Waals surface area (Å²) in [6.45, 7) is 7.44. The van der Waals surface area contributed by atoms with Gasteiger partial charge in [-0.05, 0) is 39.3 Å². The molecule has 0 aromatic carbocycles. The van der Waals surface area contributed by atoms with Gasteiger partial charge in [0.05, 0.1) is 0 Å². The van der Waals surface area contributed by atoms with Crippen molar-refractivity contribution in [2.75, 3.05) is 25.4 Å². The molecule has 0 radical (unpaired) electrons. The number of aromatic amines is 1. The van der Waals surface area contributed by atoms with E-state index in [-0.39, 0.29) is 5.56 Å². The van der Waals surface area contributed by atoms with E-state index in [0.29, 0.717) is 0 Å². The van der Waals surface area contributed by atoms with Gasteiger partial charge in [-0.3, -0.25) is 4.79 Å². The third kappa shape index (κ3) is 4.08. The van der Waals surface area contributed by atoms with Crippen molar-refractivity contribution in [1.82, 2.24) is 14.9 Å². The molecule has 5 heteroatoms. The van der Waals surface area contributed by atoms with Crippen LogP contribution in [0.4, 0.5) is 0 Å². The molecule has 1 fully saturated rings. The Balaban J connectivity index is 1.87. The number of hydrogen-bond acceptors (Lipinski definition) is 4. The molecule has 1 aliphatic heterocycles. The van der Waals surface area contributed by atoms with Crippen molar-refractivity contribution in [3.05, 3.63) is 21.6 Å². The van der Waals surface area contributed by atoms with Crippen LogP contribution in [-0.4, -0.2) is 40.3 Å². The number of likely N-dealkylation sites (tertiary alicyclic amines) is 1. The molecular formula is C14H23N3OS. The molecule has 2 heterocycles. The monoisotopic (exact) mass is 281 g/mol. The van der Waals surface area contributed by atoms with Gasteiger partial charge in [-0.2, -0.15) is 0 Å². The highest BCUT2D eigenvalue weighted by Crippen LogP contribution is 2.15. The lowest BCUT2D eigenvalue weighted by atomic mass is 10.1. The Kier molecular flexibility index (Phi) is 5.45. The minimum absolute atomic E-state index is 0.0236. The van der Waals surface area contributed by atoms with E-state index in [1.165, 1.54) is 32.4 Å². The quantitative estimate of drug-likeness (QED) is 0.664. The molecule has 1 N–H and O–H groups in total. The number of nitrogens with one attached hydrogen (secondary N) is 1. The van der Waals surface area contributed by atoms with Gasteiger partial charge in [0.15, 0.2) is 5.16 Å². The van der Waals surface area contributed by atoms with Gasteiger partial charge in [0, 0.05) is 23.6 Å². The second-order valence-corrected chi connectivity index (χ2v) is 6.12. The van der Waals surface area contributed by atoms with Gasteiger partial charge in [-0.1, -0.05) is 25.1 Å². The molecule has 106 valence electrons. The molecule has 1 saturated heterocycles. The summed E-state index contributed by atoms with van der Waals surface area (Å²) < 4.78 is 0. The average Bonchev–Trinajstić information content (AvgIpc) is 2.40. The molecule has 1 aromatic rings. The van der Waals surface area contributed by atoms with E-state index in [1.54, 1.807) is 11.8 Å². The molecule has 2 rings (SSSR count). The Morgan fingerprint density at radius 2 is 2.05 bits per heavy atom. The lowest BCUT2D eigenvalue weighted by Crippen LogP contribution is -2.31. The number of nitrogens with zero attached hydrogens (tertiary/aromatic N) is 2. The summed E-state index contributed by atoms with van der Waals surface area (Å²) in [4.78, 5) is 21.7. The molecule has 0 bridgehead atoms. The predicted octanol–water partition coefficient (Wildman–Crippen LogP) is 2.22. The first-order valence-corrected chi connectivity index (χ1v) is 8.14. The number of aromatic nitrogens is 2. The predicted molar refractivity (Wildman–Crippen MR) is 80.0 cm³/mol. The minimum Gasteiger partial charge on any atom is -0.303 e. The maximum Gasteiger partial charge on any atom is 0.254 e. The molecule has 0 unspecified atom stereocenters. The summed E-state index contributed by atoms with van der Waals surface area (Å²) >= 11 is 1.65. The van der Waals surface area contributed by atoms with Crippen molar-refractivity contribution >= 4 is 11.8 Å². The summed E-state index contributed by atoms with van der Waals surface area (Å²) in [5.41, 5.74) is 1.70. The molecule has 0 amide bonds. The Labute approximate surface area is 119 Å². The van der Waals surface area contributed by atoms with Crippen molar-refractivity contribution in [2.24, 2.45) is 0 Å². The molecule has 0 spiro atoms. The zero-order valence-corrected chi connectivity index (χ0v) is 12.7. The second kappa shape index (κ2) is 7.10. The fourth-order valence-corrected chi connectivity index (χ4v) is 3.43. The molecule has 0 atom stereocenters. The number of rotatable bonds is 5. The Morgan fingerprint density at radius 3 is 2.68 bits per heavy atom. The molecule has 1 aromatic heterocycles. The zero-order valence-electron chi connectivity index (χ0n) is 11.9. The van der Waals surface area contributed by atoms with Crippen molar-refractivity contribution in [1.29, 1.82) is 0 Å². The van der Waals surface area contributed by atoms with Crippen LogP contribution in [0.1, 0.15) is 37.4 Å². The van der Waals surface area contributed by atoms with Gasteiger partial charge >= 0.3 is 0 Å². The van der Waals surface area contributed by atoms with Crippen LogP contribution in [0.2, 0.25) is 0 Å². The average molecular weight is 281 g/mol. The van der Waals surface area contributed by atoms with E-state index >= 15 is 0 Å². The number of hydrogen-bond donors (Lipinski definition) is 1. The van der Waals surface area contributed by atoms with Crippen molar-refractivity contribution < 1.29 is 0 Å². The molecule has 0 aliphatic carbocycles. The first-order chi connectivity index (χ1) is 9.20. The van der Waals surface area contributed by atoms with Crippen LogP contribution < -0.4 is 5.56 Å². The SMILES string of the molecule is CCc1c(C)nc(SCCN2CCCCC2)[nH]c1=O. The van der Waals surface area contributed by atoms with E-state index in [4.69, 9.17) is 0 Å². The van der Waals surface area contributed by atoms with Crippen molar-refractivity contribution in [2.45, 2.75) is 44.7 Å². The number of thioether (sulfide) groups is 1. The Bertz CT molecular complexity index is 466. The normalized spacial score (nSPS) is 16.7. The first kappa shape index (κ1) is 14.6. The topological polar surface area (TPSA) is 49.0 Å². The van der Waals surface area contributed by atoms with Crippen LogP contribution in [0.5, 0.6) is 0 Å². The van der Waals surface area contributed by atoms with Gasteiger partial charge in [-0.15, -0.1) is 0 Å². The zero-order chi connectivity index (χ0) is 13.7.